The molecule has 0 bridgehead atoms. The van der Waals surface area contributed by atoms with Gasteiger partial charge in [0.1, 0.15) is 17.3 Å². The maximum absolute atomic E-state index is 11.9. The van der Waals surface area contributed by atoms with E-state index in [9.17, 15) is 9.90 Å². The first kappa shape index (κ1) is 17.2. The summed E-state index contributed by atoms with van der Waals surface area (Å²) >= 11 is 4.95. The van der Waals surface area contributed by atoms with Crippen LogP contribution >= 0.6 is 12.2 Å². The Morgan fingerprint density at radius 3 is 2.39 bits per heavy atom. The molecule has 23 heavy (non-hydrogen) atoms. The van der Waals surface area contributed by atoms with Gasteiger partial charge in [-0.25, -0.2) is 0 Å². The largest absolute Gasteiger partial charge is 0.497 e. The van der Waals surface area contributed by atoms with Crippen LogP contribution in [0.2, 0.25) is 0 Å². The van der Waals surface area contributed by atoms with Crippen molar-refractivity contribution in [3.05, 3.63) is 42.0 Å². The number of hydrogen-bond donors (Lipinski definition) is 1. The molecule has 2 atom stereocenters. The highest BCUT2D eigenvalue weighted by Crippen LogP contribution is 2.33. The zero-order chi connectivity index (χ0) is 17.2. The van der Waals surface area contributed by atoms with Gasteiger partial charge in [-0.2, -0.15) is 0 Å². The quantitative estimate of drug-likeness (QED) is 0.840. The van der Waals surface area contributed by atoms with Crippen LogP contribution in [0.1, 0.15) is 26.3 Å². The molecule has 2 aromatic rings. The van der Waals surface area contributed by atoms with Crippen LogP contribution in [0.25, 0.3) is 10.8 Å². The van der Waals surface area contributed by atoms with Gasteiger partial charge in [0.25, 0.3) is 0 Å². The lowest BCUT2D eigenvalue weighted by Gasteiger charge is -2.32. The van der Waals surface area contributed by atoms with Gasteiger partial charge in [0.2, 0.25) is 0 Å². The van der Waals surface area contributed by atoms with Gasteiger partial charge in [-0.05, 0) is 60.6 Å². The average molecular weight is 332 g/mol. The van der Waals surface area contributed by atoms with Crippen molar-refractivity contribution in [2.75, 3.05) is 7.11 Å². The minimum Gasteiger partial charge on any atom is -0.497 e. The molecule has 0 aliphatic rings. The number of thiocarbonyl (C=S) groups is 1. The highest BCUT2D eigenvalue weighted by Gasteiger charge is 2.42. The van der Waals surface area contributed by atoms with Crippen LogP contribution in [0, 0.1) is 0 Å². The first-order valence-electron chi connectivity index (χ1n) is 7.28. The molecule has 2 aromatic carbocycles. The number of carboxylic acids is 1. The van der Waals surface area contributed by atoms with Crippen LogP contribution in [-0.4, -0.2) is 29.3 Å². The van der Waals surface area contributed by atoms with Crippen LogP contribution in [0.15, 0.2) is 36.4 Å². The summed E-state index contributed by atoms with van der Waals surface area (Å²) in [6.07, 6.45) is -0.590. The van der Waals surface area contributed by atoms with Gasteiger partial charge in [0, 0.05) is 6.92 Å². The van der Waals surface area contributed by atoms with Crippen LogP contribution < -0.4 is 4.74 Å². The normalized spacial score (nSPS) is 14.8. The second-order valence-electron chi connectivity index (χ2n) is 5.69. The topological polar surface area (TPSA) is 55.8 Å². The molecule has 2 unspecified atom stereocenters. The Morgan fingerprint density at radius 1 is 1.22 bits per heavy atom. The van der Waals surface area contributed by atoms with Gasteiger partial charge in [0.15, 0.2) is 5.05 Å². The van der Waals surface area contributed by atoms with Crippen LogP contribution in [-0.2, 0) is 14.9 Å². The summed E-state index contributed by atoms with van der Waals surface area (Å²) in [7, 11) is 1.61. The lowest BCUT2D eigenvalue weighted by molar-refractivity contribution is -0.146. The SMILES string of the molecule is COc1ccc2cc(C(C)(C(=O)O)C(C)OC(C)=S)ccc2c1. The van der Waals surface area contributed by atoms with E-state index >= 15 is 0 Å². The van der Waals surface area contributed by atoms with E-state index < -0.39 is 17.5 Å². The van der Waals surface area contributed by atoms with Crippen molar-refractivity contribution in [2.24, 2.45) is 0 Å². The third-order valence-electron chi connectivity index (χ3n) is 4.25. The summed E-state index contributed by atoms with van der Waals surface area (Å²) in [5.74, 6) is -0.187. The molecule has 0 amide bonds. The molecule has 0 fully saturated rings. The molecule has 2 rings (SSSR count). The van der Waals surface area contributed by atoms with Crippen molar-refractivity contribution in [1.82, 2.24) is 0 Å². The van der Waals surface area contributed by atoms with Crippen molar-refractivity contribution in [2.45, 2.75) is 32.3 Å². The monoisotopic (exact) mass is 332 g/mol. The van der Waals surface area contributed by atoms with Gasteiger partial charge < -0.3 is 14.6 Å². The molecular weight excluding hydrogens is 312 g/mol. The van der Waals surface area contributed by atoms with Gasteiger partial charge in [-0.15, -0.1) is 0 Å². The van der Waals surface area contributed by atoms with E-state index in [1.165, 1.54) is 0 Å². The predicted molar refractivity (Wildman–Crippen MR) is 94.3 cm³/mol. The summed E-state index contributed by atoms with van der Waals surface area (Å²) in [4.78, 5) is 11.9. The number of fused-ring (bicyclic) bond motifs is 1. The fourth-order valence-electron chi connectivity index (χ4n) is 2.57. The van der Waals surface area contributed by atoms with Crippen molar-refractivity contribution >= 4 is 34.0 Å². The van der Waals surface area contributed by atoms with E-state index in [-0.39, 0.29) is 0 Å². The van der Waals surface area contributed by atoms with E-state index in [2.05, 4.69) is 0 Å². The second kappa shape index (κ2) is 6.54. The smallest absolute Gasteiger partial charge is 0.317 e. The maximum atomic E-state index is 11.9. The van der Waals surface area contributed by atoms with Gasteiger partial charge >= 0.3 is 5.97 Å². The molecule has 0 saturated heterocycles. The number of benzene rings is 2. The summed E-state index contributed by atoms with van der Waals surface area (Å²) in [6.45, 7) is 5.02. The Kier molecular flexibility index (Phi) is 4.90. The predicted octanol–water partition coefficient (Wildman–Crippen LogP) is 3.94. The van der Waals surface area contributed by atoms with E-state index in [0.29, 0.717) is 10.6 Å². The summed E-state index contributed by atoms with van der Waals surface area (Å²) < 4.78 is 10.7. The number of ether oxygens (including phenoxy) is 2. The average Bonchev–Trinajstić information content (AvgIpc) is 2.52. The zero-order valence-electron chi connectivity index (χ0n) is 13.6. The van der Waals surface area contributed by atoms with Crippen LogP contribution in [0.5, 0.6) is 5.75 Å². The summed E-state index contributed by atoms with van der Waals surface area (Å²) in [5, 5.41) is 12.0. The maximum Gasteiger partial charge on any atom is 0.317 e. The second-order valence-corrected chi connectivity index (χ2v) is 6.26. The Bertz CT molecular complexity index is 756. The molecule has 122 valence electrons. The standard InChI is InChI=1S/C18H20O4S/c1-11(22-12(2)23)18(3,17(19)20)15-7-5-14-10-16(21-4)8-6-13(14)9-15/h5-11H,1-4H3,(H,19,20). The fourth-order valence-corrected chi connectivity index (χ4v) is 2.72. The molecule has 0 saturated carbocycles. The van der Waals surface area contributed by atoms with Crippen LogP contribution in [0.4, 0.5) is 0 Å². The first-order chi connectivity index (χ1) is 10.8. The lowest BCUT2D eigenvalue weighted by atomic mass is 9.77. The fraction of sp³-hybridized carbons (Fsp3) is 0.333. The molecule has 0 spiro atoms. The minimum atomic E-state index is -1.20. The highest BCUT2D eigenvalue weighted by molar-refractivity contribution is 7.80. The molecule has 0 heterocycles. The van der Waals surface area contributed by atoms with Gasteiger partial charge in [0.05, 0.1) is 7.11 Å². The van der Waals surface area contributed by atoms with Crippen molar-refractivity contribution in [3.63, 3.8) is 0 Å². The van der Waals surface area contributed by atoms with E-state index in [0.717, 1.165) is 16.5 Å². The van der Waals surface area contributed by atoms with Crippen molar-refractivity contribution in [3.8, 4) is 5.75 Å². The molecule has 5 heteroatoms. The number of carbonyl (C=O) groups is 1. The number of aliphatic carboxylic acids is 1. The number of carboxylic acid groups (broad SMARTS) is 1. The van der Waals surface area contributed by atoms with E-state index in [4.69, 9.17) is 21.7 Å². The number of methoxy groups -OCH3 is 1. The Balaban J connectivity index is 2.53. The number of hydrogen-bond acceptors (Lipinski definition) is 4. The zero-order valence-corrected chi connectivity index (χ0v) is 14.4. The molecule has 1 N–H and O–H groups in total. The Hall–Kier alpha value is -2.14. The van der Waals surface area contributed by atoms with Gasteiger partial charge in [-0.1, -0.05) is 18.2 Å². The molecule has 4 nitrogen and oxygen atoms in total. The van der Waals surface area contributed by atoms with Crippen molar-refractivity contribution < 1.29 is 19.4 Å². The highest BCUT2D eigenvalue weighted by atomic mass is 32.1. The van der Waals surface area contributed by atoms with Gasteiger partial charge in [-0.3, -0.25) is 4.79 Å². The summed E-state index contributed by atoms with van der Waals surface area (Å²) in [6, 6.07) is 11.3. The van der Waals surface area contributed by atoms with E-state index in [1.54, 1.807) is 27.9 Å². The molecular formula is C18H20O4S. The molecule has 0 aliphatic heterocycles. The lowest BCUT2D eigenvalue weighted by Crippen LogP contribution is -2.44. The van der Waals surface area contributed by atoms with Crippen molar-refractivity contribution in [1.29, 1.82) is 0 Å². The Morgan fingerprint density at radius 2 is 1.83 bits per heavy atom. The molecule has 0 aliphatic carbocycles. The van der Waals surface area contributed by atoms with E-state index in [1.807, 2.05) is 36.4 Å². The van der Waals surface area contributed by atoms with Crippen LogP contribution in [0.3, 0.4) is 0 Å². The Labute approximate surface area is 141 Å². The number of rotatable bonds is 5. The first-order valence-corrected chi connectivity index (χ1v) is 7.68. The third-order valence-corrected chi connectivity index (χ3v) is 4.34. The summed E-state index contributed by atoms with van der Waals surface area (Å²) in [5.41, 5.74) is -0.528. The minimum absolute atomic E-state index is 0.329. The molecule has 0 aromatic heterocycles. The molecule has 0 radical (unpaired) electrons. The third kappa shape index (κ3) is 3.29.